The Balaban J connectivity index is 2.16. The van der Waals surface area contributed by atoms with E-state index in [4.69, 9.17) is 5.11 Å². The lowest BCUT2D eigenvalue weighted by Gasteiger charge is -2.07. The Morgan fingerprint density at radius 2 is 1.80 bits per heavy atom. The topological polar surface area (TPSA) is 75.1 Å². The second-order valence-electron chi connectivity index (χ2n) is 4.84. The molecule has 106 valence electrons. The number of aromatic amines is 1. The van der Waals surface area contributed by atoms with E-state index < -0.39 is 5.69 Å². The molecule has 1 aromatic heterocycles. The van der Waals surface area contributed by atoms with Crippen LogP contribution in [0.5, 0.6) is 0 Å². The molecule has 20 heavy (non-hydrogen) atoms. The van der Waals surface area contributed by atoms with Crippen LogP contribution in [0.25, 0.3) is 0 Å². The number of hydrogen-bond acceptors (Lipinski definition) is 3. The van der Waals surface area contributed by atoms with Gasteiger partial charge < -0.3 is 5.11 Å². The summed E-state index contributed by atoms with van der Waals surface area (Å²) < 4.78 is 1.49. The van der Waals surface area contributed by atoms with Gasteiger partial charge in [0.15, 0.2) is 0 Å². The number of nitrogens with zero attached hydrogens (tertiary/aromatic N) is 1. The Bertz CT molecular complexity index is 684. The Morgan fingerprint density at radius 1 is 1.15 bits per heavy atom. The highest BCUT2D eigenvalue weighted by molar-refractivity contribution is 5.23. The molecule has 0 aliphatic heterocycles. The number of aromatic nitrogens is 2. The van der Waals surface area contributed by atoms with Crippen molar-refractivity contribution in [3.05, 3.63) is 68.0 Å². The summed E-state index contributed by atoms with van der Waals surface area (Å²) >= 11 is 0. The summed E-state index contributed by atoms with van der Waals surface area (Å²) in [4.78, 5) is 25.3. The Hall–Kier alpha value is -2.14. The van der Waals surface area contributed by atoms with Gasteiger partial charge in [0.25, 0.3) is 5.56 Å². The van der Waals surface area contributed by atoms with Gasteiger partial charge in [0, 0.05) is 18.4 Å². The van der Waals surface area contributed by atoms with E-state index in [-0.39, 0.29) is 12.2 Å². The molecule has 1 heterocycles. The summed E-state index contributed by atoms with van der Waals surface area (Å²) in [6.07, 6.45) is 3.16. The smallest absolute Gasteiger partial charge is 0.328 e. The molecular formula is C15H18N2O3. The molecule has 0 aliphatic carbocycles. The number of aliphatic hydroxyl groups excluding tert-OH is 1. The van der Waals surface area contributed by atoms with Crippen molar-refractivity contribution in [2.24, 2.45) is 0 Å². The van der Waals surface area contributed by atoms with Crippen LogP contribution in [0, 0.1) is 6.92 Å². The predicted molar refractivity (Wildman–Crippen MR) is 77.0 cm³/mol. The summed E-state index contributed by atoms with van der Waals surface area (Å²) in [7, 11) is 0. The molecule has 2 rings (SSSR count). The lowest BCUT2D eigenvalue weighted by molar-refractivity contribution is 0.288. The summed E-state index contributed by atoms with van der Waals surface area (Å²) in [5, 5.41) is 8.79. The van der Waals surface area contributed by atoms with E-state index >= 15 is 0 Å². The molecule has 0 fully saturated rings. The zero-order chi connectivity index (χ0) is 14.5. The molecule has 0 saturated carbocycles. The minimum atomic E-state index is -0.398. The van der Waals surface area contributed by atoms with Crippen molar-refractivity contribution in [1.29, 1.82) is 0 Å². The largest absolute Gasteiger partial charge is 0.396 e. The van der Waals surface area contributed by atoms with Crippen LogP contribution in [0.15, 0.2) is 40.1 Å². The fourth-order valence-electron chi connectivity index (χ4n) is 2.03. The highest BCUT2D eigenvalue weighted by Crippen LogP contribution is 2.07. The van der Waals surface area contributed by atoms with Gasteiger partial charge in [-0.15, -0.1) is 0 Å². The molecule has 5 nitrogen and oxygen atoms in total. The van der Waals surface area contributed by atoms with Crippen molar-refractivity contribution >= 4 is 0 Å². The van der Waals surface area contributed by atoms with Gasteiger partial charge in [-0.25, -0.2) is 4.79 Å². The summed E-state index contributed by atoms with van der Waals surface area (Å²) in [5.41, 5.74) is 1.93. The van der Waals surface area contributed by atoms with E-state index in [1.807, 2.05) is 24.3 Å². The van der Waals surface area contributed by atoms with Crippen LogP contribution in [0.2, 0.25) is 0 Å². The first-order valence-corrected chi connectivity index (χ1v) is 6.59. The number of aliphatic hydroxyl groups is 1. The van der Waals surface area contributed by atoms with Crippen LogP contribution in [0.1, 0.15) is 23.1 Å². The third-order valence-electron chi connectivity index (χ3n) is 3.19. The second-order valence-corrected chi connectivity index (χ2v) is 4.84. The monoisotopic (exact) mass is 274 g/mol. The van der Waals surface area contributed by atoms with Gasteiger partial charge in [0.1, 0.15) is 0 Å². The maximum Gasteiger partial charge on any atom is 0.328 e. The molecule has 0 aliphatic rings. The highest BCUT2D eigenvalue weighted by atomic mass is 16.3. The molecule has 0 spiro atoms. The van der Waals surface area contributed by atoms with E-state index in [9.17, 15) is 9.59 Å². The van der Waals surface area contributed by atoms with E-state index in [0.29, 0.717) is 12.1 Å². The van der Waals surface area contributed by atoms with E-state index in [1.165, 1.54) is 4.57 Å². The first kappa shape index (κ1) is 14.3. The van der Waals surface area contributed by atoms with Gasteiger partial charge in [0.05, 0.1) is 6.54 Å². The van der Waals surface area contributed by atoms with Gasteiger partial charge in [-0.1, -0.05) is 24.3 Å². The standard InChI is InChI=1S/C15H18N2O3/c1-11-9-17(15(20)16-14(11)19)10-13-6-4-12(5-7-13)3-2-8-18/h4-7,9,18H,2-3,8,10H2,1H3,(H,16,19,20). The van der Waals surface area contributed by atoms with Crippen molar-refractivity contribution in [1.82, 2.24) is 9.55 Å². The minimum absolute atomic E-state index is 0.188. The van der Waals surface area contributed by atoms with Crippen LogP contribution in [0.3, 0.4) is 0 Å². The first-order valence-electron chi connectivity index (χ1n) is 6.59. The fourth-order valence-corrected chi connectivity index (χ4v) is 2.03. The maximum atomic E-state index is 11.7. The Labute approximate surface area is 116 Å². The molecule has 0 radical (unpaired) electrons. The van der Waals surface area contributed by atoms with Crippen LogP contribution in [0.4, 0.5) is 0 Å². The zero-order valence-electron chi connectivity index (χ0n) is 11.4. The van der Waals surface area contributed by atoms with Crippen molar-refractivity contribution in [2.75, 3.05) is 6.61 Å². The first-order chi connectivity index (χ1) is 9.60. The Kier molecular flexibility index (Phi) is 4.53. The molecule has 1 aromatic carbocycles. The summed E-state index contributed by atoms with van der Waals surface area (Å²) in [6.45, 7) is 2.29. The van der Waals surface area contributed by atoms with Crippen molar-refractivity contribution < 1.29 is 5.11 Å². The molecule has 2 aromatic rings. The lowest BCUT2D eigenvalue weighted by Crippen LogP contribution is -2.31. The van der Waals surface area contributed by atoms with Crippen molar-refractivity contribution in [2.45, 2.75) is 26.3 Å². The Morgan fingerprint density at radius 3 is 2.45 bits per heavy atom. The number of nitrogens with one attached hydrogen (secondary N) is 1. The second kappa shape index (κ2) is 6.34. The van der Waals surface area contributed by atoms with Gasteiger partial charge >= 0.3 is 5.69 Å². The van der Waals surface area contributed by atoms with Crippen molar-refractivity contribution in [3.8, 4) is 0 Å². The van der Waals surface area contributed by atoms with Crippen LogP contribution in [-0.2, 0) is 13.0 Å². The van der Waals surface area contributed by atoms with Gasteiger partial charge in [-0.05, 0) is 30.9 Å². The SMILES string of the molecule is Cc1cn(Cc2ccc(CCCO)cc2)c(=O)[nH]c1=O. The summed E-state index contributed by atoms with van der Waals surface area (Å²) in [6, 6.07) is 7.91. The van der Waals surface area contributed by atoms with E-state index in [2.05, 4.69) is 4.98 Å². The van der Waals surface area contributed by atoms with Gasteiger partial charge in [0.2, 0.25) is 0 Å². The normalized spacial score (nSPS) is 10.7. The number of H-pyrrole nitrogens is 1. The summed E-state index contributed by atoms with van der Waals surface area (Å²) in [5.74, 6) is 0. The minimum Gasteiger partial charge on any atom is -0.396 e. The van der Waals surface area contributed by atoms with Gasteiger partial charge in [-0.2, -0.15) is 0 Å². The molecular weight excluding hydrogens is 256 g/mol. The molecule has 0 saturated heterocycles. The highest BCUT2D eigenvalue weighted by Gasteiger charge is 2.02. The third-order valence-corrected chi connectivity index (χ3v) is 3.19. The molecule has 0 amide bonds. The van der Waals surface area contributed by atoms with Gasteiger partial charge in [-0.3, -0.25) is 14.3 Å². The molecule has 5 heteroatoms. The van der Waals surface area contributed by atoms with Crippen LogP contribution in [-0.4, -0.2) is 21.3 Å². The quantitative estimate of drug-likeness (QED) is 0.847. The lowest BCUT2D eigenvalue weighted by atomic mass is 10.1. The maximum absolute atomic E-state index is 11.7. The number of benzene rings is 1. The number of hydrogen-bond donors (Lipinski definition) is 2. The zero-order valence-corrected chi connectivity index (χ0v) is 11.4. The third kappa shape index (κ3) is 3.45. The van der Waals surface area contributed by atoms with Crippen LogP contribution < -0.4 is 11.2 Å². The molecule has 0 atom stereocenters. The van der Waals surface area contributed by atoms with Crippen molar-refractivity contribution in [3.63, 3.8) is 0 Å². The molecule has 0 unspecified atom stereocenters. The molecule has 0 bridgehead atoms. The average Bonchev–Trinajstić information content (AvgIpc) is 2.44. The average molecular weight is 274 g/mol. The number of rotatable bonds is 5. The van der Waals surface area contributed by atoms with Crippen LogP contribution >= 0.6 is 0 Å². The van der Waals surface area contributed by atoms with E-state index in [0.717, 1.165) is 24.0 Å². The number of aryl methyl sites for hydroxylation is 2. The molecule has 2 N–H and O–H groups in total. The predicted octanol–water partition coefficient (Wildman–Crippen LogP) is 0.818. The van der Waals surface area contributed by atoms with E-state index in [1.54, 1.807) is 13.1 Å². The fraction of sp³-hybridized carbons (Fsp3) is 0.333.